The monoisotopic (exact) mass is 427 g/mol. The van der Waals surface area contributed by atoms with Crippen molar-refractivity contribution in [2.24, 2.45) is 11.4 Å². The van der Waals surface area contributed by atoms with E-state index in [1.54, 1.807) is 24.7 Å². The smallest absolute Gasteiger partial charge is 0.319 e. The largest absolute Gasteiger partial charge is 0.345 e. The van der Waals surface area contributed by atoms with E-state index in [9.17, 15) is 13.2 Å². The number of carbonyl (C=O) groups is 1. The van der Waals surface area contributed by atoms with Crippen LogP contribution >= 0.6 is 23.2 Å². The molecule has 8 nitrogen and oxygen atoms in total. The fraction of sp³-hybridized carbons (Fsp3) is 0.188. The summed E-state index contributed by atoms with van der Waals surface area (Å²) < 4.78 is 31.0. The van der Waals surface area contributed by atoms with Gasteiger partial charge in [-0.15, -0.1) is 4.40 Å². The minimum Gasteiger partial charge on any atom is -0.319 e. The molecule has 0 bridgehead atoms. The number of nitrogens with one attached hydrogen (secondary N) is 1. The van der Waals surface area contributed by atoms with Crippen LogP contribution in [0.1, 0.15) is 11.3 Å². The topological polar surface area (TPSA) is 96.7 Å². The van der Waals surface area contributed by atoms with Crippen LogP contribution in [-0.2, 0) is 22.1 Å². The Balaban J connectivity index is 2.01. The van der Waals surface area contributed by atoms with Crippen LogP contribution in [0, 0.1) is 6.92 Å². The van der Waals surface area contributed by atoms with E-state index in [0.717, 1.165) is 4.31 Å². The van der Waals surface area contributed by atoms with E-state index in [1.807, 2.05) is 0 Å². The van der Waals surface area contributed by atoms with Gasteiger partial charge in [-0.25, -0.2) is 4.31 Å². The molecule has 2 aromatic rings. The van der Waals surface area contributed by atoms with Gasteiger partial charge in [0.05, 0.1) is 22.6 Å². The van der Waals surface area contributed by atoms with Crippen LogP contribution in [0.2, 0.25) is 10.0 Å². The van der Waals surface area contributed by atoms with Gasteiger partial charge in [0.1, 0.15) is 5.70 Å². The molecule has 27 heavy (non-hydrogen) atoms. The van der Waals surface area contributed by atoms with Crippen molar-refractivity contribution in [3.63, 3.8) is 0 Å². The highest BCUT2D eigenvalue weighted by atomic mass is 35.5. The standard InChI is InChI=1S/C16H15Cl2N5O3S/c1-9-11(8-19-22(9)2)14-7-15(23(3)27(25,26)21-14)16(24)20-13-5-4-10(17)6-12(13)18/h4-8H,1-3H3,(H,20,24). The van der Waals surface area contributed by atoms with Crippen LogP contribution in [0.5, 0.6) is 0 Å². The summed E-state index contributed by atoms with van der Waals surface area (Å²) in [6.07, 6.45) is 2.89. The lowest BCUT2D eigenvalue weighted by atomic mass is 10.1. The first-order valence-electron chi connectivity index (χ1n) is 7.66. The van der Waals surface area contributed by atoms with Crippen molar-refractivity contribution < 1.29 is 13.2 Å². The Morgan fingerprint density at radius 3 is 2.52 bits per heavy atom. The van der Waals surface area contributed by atoms with Gasteiger partial charge in [0.2, 0.25) is 0 Å². The summed E-state index contributed by atoms with van der Waals surface area (Å²) >= 11 is 11.9. The van der Waals surface area contributed by atoms with E-state index < -0.39 is 16.1 Å². The summed E-state index contributed by atoms with van der Waals surface area (Å²) in [5, 5.41) is 7.31. The molecule has 0 saturated heterocycles. The number of rotatable bonds is 3. The van der Waals surface area contributed by atoms with E-state index in [0.29, 0.717) is 22.0 Å². The first kappa shape index (κ1) is 19.4. The Kier molecular flexibility index (Phi) is 5.02. The number of aryl methyl sites for hydroxylation is 1. The van der Waals surface area contributed by atoms with Crippen molar-refractivity contribution in [3.8, 4) is 0 Å². The van der Waals surface area contributed by atoms with Crippen LogP contribution < -0.4 is 5.32 Å². The average Bonchev–Trinajstić information content (AvgIpc) is 2.92. The fourth-order valence-electron chi connectivity index (χ4n) is 2.42. The Morgan fingerprint density at radius 2 is 1.93 bits per heavy atom. The molecular formula is C16H15Cl2N5O3S. The van der Waals surface area contributed by atoms with Gasteiger partial charge in [0, 0.05) is 30.4 Å². The molecule has 3 rings (SSSR count). The van der Waals surface area contributed by atoms with E-state index in [4.69, 9.17) is 23.2 Å². The zero-order valence-corrected chi connectivity index (χ0v) is 16.9. The molecule has 2 heterocycles. The van der Waals surface area contributed by atoms with E-state index in [2.05, 4.69) is 14.8 Å². The quantitative estimate of drug-likeness (QED) is 0.813. The number of benzene rings is 1. The molecule has 0 atom stereocenters. The predicted molar refractivity (Wildman–Crippen MR) is 104 cm³/mol. The SMILES string of the molecule is Cc1c(C2=NS(=O)(=O)N(C)C(C(=O)Nc3ccc(Cl)cc3Cl)=C2)cnn1C. The van der Waals surface area contributed by atoms with Crippen molar-refractivity contribution in [2.45, 2.75) is 6.92 Å². The molecule has 142 valence electrons. The number of nitrogens with zero attached hydrogens (tertiary/aromatic N) is 4. The third-order valence-electron chi connectivity index (χ3n) is 4.10. The zero-order valence-electron chi connectivity index (χ0n) is 14.6. The maximum Gasteiger partial charge on any atom is 0.345 e. The number of allylic oxidation sites excluding steroid dienone is 1. The number of hydrogen-bond acceptors (Lipinski definition) is 4. The van der Waals surface area contributed by atoms with Crippen LogP contribution in [0.15, 0.2) is 40.6 Å². The number of halogens is 2. The van der Waals surface area contributed by atoms with Gasteiger partial charge in [0.25, 0.3) is 5.91 Å². The molecular weight excluding hydrogens is 413 g/mol. The molecule has 0 radical (unpaired) electrons. The maximum absolute atomic E-state index is 12.7. The number of hydrogen-bond donors (Lipinski definition) is 1. The molecule has 0 fully saturated rings. The van der Waals surface area contributed by atoms with E-state index in [-0.39, 0.29) is 16.4 Å². The summed E-state index contributed by atoms with van der Waals surface area (Å²) in [5.41, 5.74) is 1.56. The minimum absolute atomic E-state index is 0.103. The molecule has 0 unspecified atom stereocenters. The summed E-state index contributed by atoms with van der Waals surface area (Å²) in [5.74, 6) is -0.653. The molecule has 1 aliphatic rings. The molecule has 1 amide bonds. The summed E-state index contributed by atoms with van der Waals surface area (Å²) in [7, 11) is -1.09. The first-order chi connectivity index (χ1) is 12.6. The van der Waals surface area contributed by atoms with E-state index in [1.165, 1.54) is 31.5 Å². The molecule has 1 N–H and O–H groups in total. The molecule has 1 aliphatic heterocycles. The molecule has 1 aromatic heterocycles. The molecule has 1 aromatic carbocycles. The third-order valence-corrected chi connectivity index (χ3v) is 5.96. The van der Waals surface area contributed by atoms with Gasteiger partial charge >= 0.3 is 10.2 Å². The fourth-order valence-corrected chi connectivity index (χ4v) is 3.78. The van der Waals surface area contributed by atoms with Crippen molar-refractivity contribution in [1.82, 2.24) is 14.1 Å². The lowest BCUT2D eigenvalue weighted by molar-refractivity contribution is -0.113. The number of amides is 1. The van der Waals surface area contributed by atoms with Crippen LogP contribution in [0.4, 0.5) is 5.69 Å². The van der Waals surface area contributed by atoms with Gasteiger partial charge in [-0.3, -0.25) is 9.48 Å². The molecule has 0 saturated carbocycles. The lowest BCUT2D eigenvalue weighted by Crippen LogP contribution is -2.35. The highest BCUT2D eigenvalue weighted by molar-refractivity contribution is 7.88. The average molecular weight is 428 g/mol. The molecule has 0 spiro atoms. The predicted octanol–water partition coefficient (Wildman–Crippen LogP) is 2.54. The van der Waals surface area contributed by atoms with Crippen LogP contribution in [-0.4, -0.2) is 41.2 Å². The Hall–Kier alpha value is -2.36. The van der Waals surface area contributed by atoms with Crippen molar-refractivity contribution >= 4 is 50.7 Å². The summed E-state index contributed by atoms with van der Waals surface area (Å²) in [6.45, 7) is 1.77. The lowest BCUT2D eigenvalue weighted by Gasteiger charge is -2.23. The van der Waals surface area contributed by atoms with Gasteiger partial charge in [-0.1, -0.05) is 23.2 Å². The Bertz CT molecular complexity index is 1110. The minimum atomic E-state index is -4.07. The second-order valence-electron chi connectivity index (χ2n) is 5.80. The Morgan fingerprint density at radius 1 is 1.22 bits per heavy atom. The van der Waals surface area contributed by atoms with Crippen molar-refractivity contribution in [2.75, 3.05) is 12.4 Å². The Labute approximate surface area is 166 Å². The van der Waals surface area contributed by atoms with Crippen LogP contribution in [0.25, 0.3) is 0 Å². The zero-order chi connectivity index (χ0) is 19.9. The highest BCUT2D eigenvalue weighted by Crippen LogP contribution is 2.27. The first-order valence-corrected chi connectivity index (χ1v) is 9.81. The summed E-state index contributed by atoms with van der Waals surface area (Å²) in [6, 6.07) is 4.56. The molecule has 11 heteroatoms. The van der Waals surface area contributed by atoms with Gasteiger partial charge in [-0.2, -0.15) is 13.5 Å². The second kappa shape index (κ2) is 6.99. The van der Waals surface area contributed by atoms with Gasteiger partial charge in [0.15, 0.2) is 0 Å². The van der Waals surface area contributed by atoms with Crippen LogP contribution in [0.3, 0.4) is 0 Å². The highest BCUT2D eigenvalue weighted by Gasteiger charge is 2.31. The number of aromatic nitrogens is 2. The van der Waals surface area contributed by atoms with Crippen molar-refractivity contribution in [1.29, 1.82) is 0 Å². The van der Waals surface area contributed by atoms with Gasteiger partial charge < -0.3 is 5.32 Å². The normalized spacial score (nSPS) is 16.0. The number of carbonyl (C=O) groups excluding carboxylic acids is 1. The summed E-state index contributed by atoms with van der Waals surface area (Å²) in [4.78, 5) is 12.7. The van der Waals surface area contributed by atoms with Crippen molar-refractivity contribution in [3.05, 3.63) is 57.5 Å². The number of likely N-dealkylation sites (N-methyl/N-ethyl adjacent to an activating group) is 1. The molecule has 0 aliphatic carbocycles. The van der Waals surface area contributed by atoms with Gasteiger partial charge in [-0.05, 0) is 31.2 Å². The number of anilines is 1. The second-order valence-corrected chi connectivity index (χ2v) is 8.27. The van der Waals surface area contributed by atoms with E-state index >= 15 is 0 Å². The third kappa shape index (κ3) is 3.71. The maximum atomic E-state index is 12.7.